The summed E-state index contributed by atoms with van der Waals surface area (Å²) in [5.41, 5.74) is 0. The molecule has 0 bridgehead atoms. The van der Waals surface area contributed by atoms with Crippen molar-refractivity contribution < 1.29 is 13.9 Å². The second kappa shape index (κ2) is 18.1. The molecule has 0 rings (SSSR count). The Labute approximate surface area is 137 Å². The Morgan fingerprint density at radius 2 is 1.45 bits per heavy atom. The van der Waals surface area contributed by atoms with Crippen molar-refractivity contribution in [1.82, 2.24) is 0 Å². The maximum atomic E-state index is 10.9. The van der Waals surface area contributed by atoms with E-state index in [0.29, 0.717) is 6.42 Å². The molecule has 0 N–H and O–H groups in total. The van der Waals surface area contributed by atoms with E-state index in [1.807, 2.05) is 0 Å². The first kappa shape index (κ1) is 21.0. The van der Waals surface area contributed by atoms with Gasteiger partial charge in [-0.05, 0) is 38.5 Å². The molecule has 22 heavy (non-hydrogen) atoms. The van der Waals surface area contributed by atoms with Crippen molar-refractivity contribution in [2.45, 2.75) is 84.0 Å². The Morgan fingerprint density at radius 3 is 2.09 bits per heavy atom. The summed E-state index contributed by atoms with van der Waals surface area (Å²) in [4.78, 5) is 10.9. The fourth-order valence-corrected chi connectivity index (χ4v) is 2.34. The molecule has 0 fully saturated rings. The number of hydrogen-bond donors (Lipinski definition) is 0. The molecular weight excluding hydrogens is 295 g/mol. The lowest BCUT2D eigenvalue weighted by molar-refractivity contribution is -0.133. The molecule has 0 saturated heterocycles. The van der Waals surface area contributed by atoms with E-state index >= 15 is 0 Å². The van der Waals surface area contributed by atoms with Crippen LogP contribution in [0.1, 0.15) is 84.0 Å². The minimum Gasteiger partial charge on any atom is -0.373 e. The quantitative estimate of drug-likeness (QED) is 0.195. The van der Waals surface area contributed by atoms with Crippen molar-refractivity contribution in [1.29, 1.82) is 0 Å². The van der Waals surface area contributed by atoms with E-state index in [1.54, 1.807) is 0 Å². The van der Waals surface area contributed by atoms with E-state index in [1.165, 1.54) is 38.5 Å². The fraction of sp³-hybridized carbons (Fsp3) is 0.722. The predicted molar refractivity (Wildman–Crippen MR) is 93.1 cm³/mol. The van der Waals surface area contributed by atoms with Gasteiger partial charge >= 0.3 is 14.7 Å². The zero-order valence-corrected chi connectivity index (χ0v) is 14.9. The molecule has 0 unspecified atom stereocenters. The van der Waals surface area contributed by atoms with Gasteiger partial charge in [-0.2, -0.15) is 0 Å². The lowest BCUT2D eigenvalue weighted by atomic mass is 10.1. The normalized spacial score (nSPS) is 11.7. The van der Waals surface area contributed by atoms with Crippen LogP contribution < -0.4 is 0 Å². The summed E-state index contributed by atoms with van der Waals surface area (Å²) in [6, 6.07) is 0. The number of allylic oxidation sites excluding steroid dienone is 4. The van der Waals surface area contributed by atoms with Crippen LogP contribution in [0.3, 0.4) is 0 Å². The van der Waals surface area contributed by atoms with Crippen molar-refractivity contribution in [2.75, 3.05) is 0 Å². The van der Waals surface area contributed by atoms with Gasteiger partial charge in [-0.15, -0.1) is 0 Å². The Bertz CT molecular complexity index is 324. The molecule has 4 heteroatoms. The highest BCUT2D eigenvalue weighted by atomic mass is 31.1. The van der Waals surface area contributed by atoms with Crippen LogP contribution in [-0.2, 0) is 13.9 Å². The molecule has 0 aromatic heterocycles. The predicted octanol–water partition coefficient (Wildman–Crippen LogP) is 6.55. The molecule has 0 heterocycles. The highest BCUT2D eigenvalue weighted by Gasteiger charge is 2.01. The zero-order chi connectivity index (χ0) is 16.3. The number of carbonyl (C=O) groups excluding carboxylic acids is 1. The Balaban J connectivity index is 3.23. The molecule has 0 atom stereocenters. The van der Waals surface area contributed by atoms with E-state index in [0.717, 1.165) is 32.1 Å². The summed E-state index contributed by atoms with van der Waals surface area (Å²) in [6.07, 6.45) is 22.2. The Morgan fingerprint density at radius 1 is 0.864 bits per heavy atom. The molecular formula is C18H31O3P. The number of carbonyl (C=O) groups is 1. The van der Waals surface area contributed by atoms with E-state index in [-0.39, 0.29) is 5.97 Å². The van der Waals surface area contributed by atoms with Gasteiger partial charge in [0.05, 0.1) is 0 Å². The number of hydrogen-bond acceptors (Lipinski definition) is 3. The lowest BCUT2D eigenvalue weighted by Crippen LogP contribution is -1.95. The molecule has 3 nitrogen and oxygen atoms in total. The first-order valence-electron chi connectivity index (χ1n) is 8.63. The van der Waals surface area contributed by atoms with Crippen molar-refractivity contribution in [3.63, 3.8) is 0 Å². The first-order chi connectivity index (χ1) is 10.8. The number of unbranched alkanes of at least 4 members (excludes halogenated alkanes) is 8. The molecule has 0 aliphatic rings. The topological polar surface area (TPSA) is 43.4 Å². The summed E-state index contributed by atoms with van der Waals surface area (Å²) in [5.74, 6) is -0.373. The van der Waals surface area contributed by atoms with Gasteiger partial charge in [-0.1, -0.05) is 63.3 Å². The van der Waals surface area contributed by atoms with E-state index < -0.39 is 8.69 Å². The summed E-state index contributed by atoms with van der Waals surface area (Å²) in [7, 11) is -0.539. The van der Waals surface area contributed by atoms with E-state index in [4.69, 9.17) is 0 Å². The van der Waals surface area contributed by atoms with Gasteiger partial charge < -0.3 is 4.52 Å². The molecule has 0 aromatic carbocycles. The molecule has 0 radical (unpaired) electrons. The zero-order valence-electron chi connectivity index (χ0n) is 14.0. The highest BCUT2D eigenvalue weighted by Crippen LogP contribution is 2.09. The van der Waals surface area contributed by atoms with Gasteiger partial charge in [0.2, 0.25) is 0 Å². The molecule has 0 spiro atoms. The maximum Gasteiger partial charge on any atom is 0.398 e. The lowest BCUT2D eigenvalue weighted by Gasteiger charge is -1.99. The number of rotatable bonds is 15. The van der Waals surface area contributed by atoms with Crippen molar-refractivity contribution in [3.8, 4) is 0 Å². The smallest absolute Gasteiger partial charge is 0.373 e. The summed E-state index contributed by atoms with van der Waals surface area (Å²) in [6.45, 7) is 2.23. The average molecular weight is 326 g/mol. The van der Waals surface area contributed by atoms with Gasteiger partial charge in [0, 0.05) is 6.42 Å². The fourth-order valence-electron chi connectivity index (χ4n) is 2.17. The first-order valence-corrected chi connectivity index (χ1v) is 9.36. The molecule has 0 aliphatic carbocycles. The van der Waals surface area contributed by atoms with E-state index in [2.05, 4.69) is 35.8 Å². The Hall–Kier alpha value is -0.950. The van der Waals surface area contributed by atoms with Crippen LogP contribution >= 0.6 is 8.69 Å². The van der Waals surface area contributed by atoms with Crippen LogP contribution in [0.4, 0.5) is 0 Å². The second-order valence-electron chi connectivity index (χ2n) is 5.52. The molecule has 0 aromatic rings. The van der Waals surface area contributed by atoms with Crippen LogP contribution in [0.25, 0.3) is 0 Å². The third kappa shape index (κ3) is 17.1. The van der Waals surface area contributed by atoms with Crippen LogP contribution in [0.15, 0.2) is 24.3 Å². The van der Waals surface area contributed by atoms with Gasteiger partial charge in [-0.25, -0.2) is 4.57 Å². The molecule has 126 valence electrons. The summed E-state index contributed by atoms with van der Waals surface area (Å²) in [5, 5.41) is 0. The average Bonchev–Trinajstić information content (AvgIpc) is 2.51. The van der Waals surface area contributed by atoms with Crippen molar-refractivity contribution in [3.05, 3.63) is 24.3 Å². The monoisotopic (exact) mass is 326 g/mol. The van der Waals surface area contributed by atoms with Crippen molar-refractivity contribution in [2.24, 2.45) is 0 Å². The second-order valence-corrected chi connectivity index (χ2v) is 5.85. The van der Waals surface area contributed by atoms with Crippen LogP contribution in [0, 0.1) is 0 Å². The van der Waals surface area contributed by atoms with Gasteiger partial charge in [0.25, 0.3) is 0 Å². The minimum absolute atomic E-state index is 0.373. The highest BCUT2D eigenvalue weighted by molar-refractivity contribution is 7.18. The summed E-state index contributed by atoms with van der Waals surface area (Å²) < 4.78 is 14.3. The third-order valence-corrected chi connectivity index (χ3v) is 3.75. The molecule has 0 amide bonds. The van der Waals surface area contributed by atoms with Crippen LogP contribution in [-0.4, -0.2) is 5.97 Å². The summed E-state index contributed by atoms with van der Waals surface area (Å²) >= 11 is 0. The Kier molecular flexibility index (Phi) is 17.3. The molecule has 0 aliphatic heterocycles. The van der Waals surface area contributed by atoms with E-state index in [9.17, 15) is 9.36 Å². The van der Waals surface area contributed by atoms with Gasteiger partial charge in [-0.3, -0.25) is 4.79 Å². The SMILES string of the molecule is CCCCC/C=C\C/C=C\CCCCCCCC(=O)OP=O. The third-order valence-electron chi connectivity index (χ3n) is 3.47. The van der Waals surface area contributed by atoms with Crippen molar-refractivity contribution >= 4 is 14.7 Å². The van der Waals surface area contributed by atoms with Crippen LogP contribution in [0.5, 0.6) is 0 Å². The maximum absolute atomic E-state index is 10.9. The van der Waals surface area contributed by atoms with Gasteiger partial charge in [0.15, 0.2) is 0 Å². The standard InChI is InChI=1S/C18H31O3P/c1-2-3-4-5-6-7-8-9-10-11-12-13-14-15-16-17-18(19)21-22-20/h6-7,9-10H,2-5,8,11-17H2,1H3/b7-6-,10-9-. The van der Waals surface area contributed by atoms with Gasteiger partial charge in [0.1, 0.15) is 0 Å². The largest absolute Gasteiger partial charge is 0.398 e. The molecule has 0 saturated carbocycles. The van der Waals surface area contributed by atoms with Crippen LogP contribution in [0.2, 0.25) is 0 Å². The minimum atomic E-state index is -0.539.